The molecule has 0 fully saturated rings. The van der Waals surface area contributed by atoms with E-state index in [9.17, 15) is 14.0 Å². The van der Waals surface area contributed by atoms with Gasteiger partial charge < -0.3 is 5.32 Å². The lowest BCUT2D eigenvalue weighted by molar-refractivity contribution is -0.117. The zero-order chi connectivity index (χ0) is 18.8. The van der Waals surface area contributed by atoms with E-state index in [-0.39, 0.29) is 12.4 Å². The van der Waals surface area contributed by atoms with Gasteiger partial charge in [-0.25, -0.2) is 9.07 Å². The highest BCUT2D eigenvalue weighted by atomic mass is 32.1. The Hall–Kier alpha value is -3.46. The third kappa shape index (κ3) is 3.58. The molecule has 0 radical (unpaired) electrons. The standard InChI is InChI=1S/C18H12FN5O2S/c19-12-6-4-11(5-7-12)13-8-9-17(26)24(21-13)10-16(25)20-14-2-1-3-15-18(14)23-27-22-15/h1-9H,10H2,(H,20,25). The molecular weight excluding hydrogens is 369 g/mol. The zero-order valence-electron chi connectivity index (χ0n) is 13.8. The summed E-state index contributed by atoms with van der Waals surface area (Å²) in [5, 5.41) is 6.93. The smallest absolute Gasteiger partial charge is 0.267 e. The molecule has 1 amide bonds. The third-order valence-corrected chi connectivity index (χ3v) is 4.40. The normalized spacial score (nSPS) is 10.9. The summed E-state index contributed by atoms with van der Waals surface area (Å²) in [5.74, 6) is -0.779. The van der Waals surface area contributed by atoms with Crippen molar-refractivity contribution in [1.82, 2.24) is 18.5 Å². The highest BCUT2D eigenvalue weighted by Crippen LogP contribution is 2.21. The Labute approximate surface area is 156 Å². The summed E-state index contributed by atoms with van der Waals surface area (Å²) in [7, 11) is 0. The van der Waals surface area contributed by atoms with E-state index in [4.69, 9.17) is 0 Å². The van der Waals surface area contributed by atoms with E-state index < -0.39 is 11.5 Å². The molecule has 9 heteroatoms. The van der Waals surface area contributed by atoms with Gasteiger partial charge in [0.1, 0.15) is 23.4 Å². The maximum atomic E-state index is 13.1. The number of nitrogens with one attached hydrogen (secondary N) is 1. The van der Waals surface area contributed by atoms with Crippen LogP contribution in [0.15, 0.2) is 59.4 Å². The average molecular weight is 381 g/mol. The number of carbonyl (C=O) groups is 1. The third-order valence-electron chi connectivity index (χ3n) is 3.86. The first-order valence-electron chi connectivity index (χ1n) is 7.95. The number of carbonyl (C=O) groups excluding carboxylic acids is 1. The van der Waals surface area contributed by atoms with E-state index in [0.29, 0.717) is 28.0 Å². The first-order chi connectivity index (χ1) is 13.1. The van der Waals surface area contributed by atoms with Crippen molar-refractivity contribution in [3.63, 3.8) is 0 Å². The van der Waals surface area contributed by atoms with Crippen molar-refractivity contribution in [3.8, 4) is 11.3 Å². The molecule has 0 aliphatic carbocycles. The summed E-state index contributed by atoms with van der Waals surface area (Å²) in [6, 6.07) is 13.9. The van der Waals surface area contributed by atoms with Gasteiger partial charge in [-0.3, -0.25) is 9.59 Å². The van der Waals surface area contributed by atoms with Crippen molar-refractivity contribution in [1.29, 1.82) is 0 Å². The predicted octanol–water partition coefficient (Wildman–Crippen LogP) is 2.69. The largest absolute Gasteiger partial charge is 0.322 e. The number of fused-ring (bicyclic) bond motifs is 1. The highest BCUT2D eigenvalue weighted by molar-refractivity contribution is 7.00. The van der Waals surface area contributed by atoms with Crippen LogP contribution in [0.25, 0.3) is 22.3 Å². The summed E-state index contributed by atoms with van der Waals surface area (Å²) in [6.07, 6.45) is 0. The number of benzene rings is 2. The minimum atomic E-state index is -0.415. The number of hydrogen-bond acceptors (Lipinski definition) is 6. The molecule has 0 aliphatic rings. The fourth-order valence-electron chi connectivity index (χ4n) is 2.57. The lowest BCUT2D eigenvalue weighted by Gasteiger charge is -2.08. The van der Waals surface area contributed by atoms with Crippen LogP contribution in [0.1, 0.15) is 0 Å². The minimum Gasteiger partial charge on any atom is -0.322 e. The van der Waals surface area contributed by atoms with Crippen molar-refractivity contribution in [2.75, 3.05) is 5.32 Å². The van der Waals surface area contributed by atoms with Gasteiger partial charge in [0.05, 0.1) is 23.1 Å². The van der Waals surface area contributed by atoms with Crippen LogP contribution < -0.4 is 10.9 Å². The lowest BCUT2D eigenvalue weighted by atomic mass is 10.1. The van der Waals surface area contributed by atoms with Crippen molar-refractivity contribution in [3.05, 3.63) is 70.8 Å². The zero-order valence-corrected chi connectivity index (χ0v) is 14.6. The van der Waals surface area contributed by atoms with Crippen molar-refractivity contribution < 1.29 is 9.18 Å². The van der Waals surface area contributed by atoms with Gasteiger partial charge in [-0.2, -0.15) is 13.8 Å². The molecule has 134 valence electrons. The Kier molecular flexibility index (Phi) is 4.43. The van der Waals surface area contributed by atoms with Crippen molar-refractivity contribution in [2.45, 2.75) is 6.54 Å². The van der Waals surface area contributed by atoms with Gasteiger partial charge in [0, 0.05) is 11.6 Å². The Morgan fingerprint density at radius 1 is 1.07 bits per heavy atom. The predicted molar refractivity (Wildman–Crippen MR) is 99.9 cm³/mol. The number of halogens is 1. The van der Waals surface area contributed by atoms with Gasteiger partial charge in [0.2, 0.25) is 5.91 Å². The van der Waals surface area contributed by atoms with E-state index in [1.165, 1.54) is 24.3 Å². The summed E-state index contributed by atoms with van der Waals surface area (Å²) in [6.45, 7) is -0.262. The summed E-state index contributed by atoms with van der Waals surface area (Å²) >= 11 is 1.06. The lowest BCUT2D eigenvalue weighted by Crippen LogP contribution is -2.29. The van der Waals surface area contributed by atoms with Crippen molar-refractivity contribution >= 4 is 34.4 Å². The molecule has 0 atom stereocenters. The molecular formula is C18H12FN5O2S. The maximum Gasteiger partial charge on any atom is 0.267 e. The molecule has 2 aromatic heterocycles. The molecule has 0 saturated heterocycles. The number of aromatic nitrogens is 4. The van der Waals surface area contributed by atoms with Crippen LogP contribution in [0.2, 0.25) is 0 Å². The Balaban J connectivity index is 1.57. The molecule has 2 aromatic carbocycles. The van der Waals surface area contributed by atoms with Crippen molar-refractivity contribution in [2.24, 2.45) is 0 Å². The molecule has 4 rings (SSSR count). The SMILES string of the molecule is O=C(Cn1nc(-c2ccc(F)cc2)ccc1=O)Nc1cccc2nsnc12. The molecule has 27 heavy (non-hydrogen) atoms. The van der Waals surface area contributed by atoms with E-state index in [1.807, 2.05) is 0 Å². The second kappa shape index (κ2) is 7.04. The number of anilines is 1. The number of hydrogen-bond donors (Lipinski definition) is 1. The molecule has 0 aliphatic heterocycles. The monoisotopic (exact) mass is 381 g/mol. The molecule has 0 spiro atoms. The Bertz CT molecular complexity index is 1190. The second-order valence-corrected chi connectivity index (χ2v) is 6.24. The van der Waals surface area contributed by atoms with Gasteiger partial charge in [-0.05, 0) is 42.5 Å². The van der Waals surface area contributed by atoms with Gasteiger partial charge >= 0.3 is 0 Å². The summed E-state index contributed by atoms with van der Waals surface area (Å²) in [5.41, 5.74) is 2.50. The average Bonchev–Trinajstić information content (AvgIpc) is 3.14. The maximum absolute atomic E-state index is 13.1. The van der Waals surface area contributed by atoms with Crippen LogP contribution in [-0.4, -0.2) is 24.4 Å². The second-order valence-electron chi connectivity index (χ2n) is 5.71. The Morgan fingerprint density at radius 3 is 2.70 bits per heavy atom. The first kappa shape index (κ1) is 17.0. The highest BCUT2D eigenvalue weighted by Gasteiger charge is 2.11. The fourth-order valence-corrected chi connectivity index (χ4v) is 3.12. The number of rotatable bonds is 4. The molecule has 0 unspecified atom stereocenters. The molecule has 7 nitrogen and oxygen atoms in total. The molecule has 4 aromatic rings. The van der Waals surface area contributed by atoms with Crippen LogP contribution in [0.3, 0.4) is 0 Å². The van der Waals surface area contributed by atoms with Gasteiger partial charge in [-0.1, -0.05) is 6.07 Å². The van der Waals surface area contributed by atoms with E-state index >= 15 is 0 Å². The van der Waals surface area contributed by atoms with E-state index in [1.54, 1.807) is 30.3 Å². The van der Waals surface area contributed by atoms with Crippen LogP contribution in [0, 0.1) is 5.82 Å². The Morgan fingerprint density at radius 2 is 1.89 bits per heavy atom. The first-order valence-corrected chi connectivity index (χ1v) is 8.68. The topological polar surface area (TPSA) is 89.8 Å². The number of amides is 1. The molecule has 0 bridgehead atoms. The van der Waals surface area contributed by atoms with Gasteiger partial charge in [0.15, 0.2) is 0 Å². The van der Waals surface area contributed by atoms with E-state index in [0.717, 1.165) is 16.4 Å². The van der Waals surface area contributed by atoms with Crippen LogP contribution in [-0.2, 0) is 11.3 Å². The van der Waals surface area contributed by atoms with Crippen LogP contribution in [0.5, 0.6) is 0 Å². The van der Waals surface area contributed by atoms with Crippen LogP contribution in [0.4, 0.5) is 10.1 Å². The minimum absolute atomic E-state index is 0.262. The fraction of sp³-hybridized carbons (Fsp3) is 0.0556. The summed E-state index contributed by atoms with van der Waals surface area (Å²) < 4.78 is 22.4. The van der Waals surface area contributed by atoms with E-state index in [2.05, 4.69) is 19.2 Å². The van der Waals surface area contributed by atoms with Crippen LogP contribution >= 0.6 is 11.7 Å². The summed E-state index contributed by atoms with van der Waals surface area (Å²) in [4.78, 5) is 24.4. The quantitative estimate of drug-likeness (QED) is 0.587. The van der Waals surface area contributed by atoms with Gasteiger partial charge in [-0.15, -0.1) is 0 Å². The van der Waals surface area contributed by atoms with Gasteiger partial charge in [0.25, 0.3) is 5.56 Å². The number of nitrogens with zero attached hydrogens (tertiary/aromatic N) is 4. The molecule has 2 heterocycles. The molecule has 0 saturated carbocycles. The molecule has 1 N–H and O–H groups in total.